The van der Waals surface area contributed by atoms with Crippen molar-refractivity contribution in [2.45, 2.75) is 24.7 Å². The van der Waals surface area contributed by atoms with Gasteiger partial charge in [-0.2, -0.15) is 26.3 Å². The Hall–Kier alpha value is -5.72. The number of aromatic nitrogens is 2. The topological polar surface area (TPSA) is 96.3 Å². The highest BCUT2D eigenvalue weighted by Gasteiger charge is 2.37. The number of amides is 1. The van der Waals surface area contributed by atoms with Crippen LogP contribution < -0.4 is 15.6 Å². The zero-order chi connectivity index (χ0) is 36.0. The van der Waals surface area contributed by atoms with Crippen LogP contribution >= 0.6 is 0 Å². The fourth-order valence-electron chi connectivity index (χ4n) is 6.29. The predicted octanol–water partition coefficient (Wildman–Crippen LogP) is 7.92. The van der Waals surface area contributed by atoms with Gasteiger partial charge in [-0.25, -0.2) is 0 Å². The van der Waals surface area contributed by atoms with Crippen molar-refractivity contribution in [2.24, 2.45) is 7.05 Å². The molecule has 2 heterocycles. The van der Waals surface area contributed by atoms with Gasteiger partial charge in [0, 0.05) is 41.1 Å². The Morgan fingerprint density at radius 1 is 0.880 bits per heavy atom. The van der Waals surface area contributed by atoms with Crippen molar-refractivity contribution in [3.8, 4) is 11.5 Å². The summed E-state index contributed by atoms with van der Waals surface area (Å²) in [5.74, 6) is -1.80. The van der Waals surface area contributed by atoms with Crippen molar-refractivity contribution in [1.82, 2.24) is 14.9 Å². The SMILES string of the molecule is COc1cccc(C(c2[nH]c3ccccc3c2CCNC(=O)c2cc(C(F)(F)F)cc(C(F)(F)F)c2)c2c(O)c3ccccc3n(C)c2=O)c1. The number of aryl methyl sites for hydroxylation is 1. The van der Waals surface area contributed by atoms with Crippen LogP contribution in [0.4, 0.5) is 26.3 Å². The minimum atomic E-state index is -5.12. The standard InChI is InChI=1S/C37H29F6N3O4/c1-46-29-13-6-4-11-27(29)33(47)31(35(46)49)30(20-8-7-9-24(18-20)50-2)32-26(25-10-3-5-12-28(25)45-32)14-15-44-34(48)21-16-22(36(38,39)40)19-23(17-21)37(41,42)43/h3-13,16-19,30,45,47H,14-15H2,1-2H3,(H,44,48). The second kappa shape index (κ2) is 13.0. The molecule has 0 aliphatic rings. The van der Waals surface area contributed by atoms with E-state index >= 15 is 0 Å². The Bertz CT molecular complexity index is 2270. The average molecular weight is 694 g/mol. The zero-order valence-corrected chi connectivity index (χ0v) is 26.5. The van der Waals surface area contributed by atoms with Gasteiger partial charge in [-0.1, -0.05) is 42.5 Å². The number of carbonyl (C=O) groups excluding carboxylic acids is 1. The van der Waals surface area contributed by atoms with Crippen LogP contribution in [-0.4, -0.2) is 34.2 Å². The van der Waals surface area contributed by atoms with Gasteiger partial charge in [0.15, 0.2) is 0 Å². The molecular weight excluding hydrogens is 664 g/mol. The van der Waals surface area contributed by atoms with Crippen LogP contribution in [0.1, 0.15) is 49.8 Å². The number of nitrogens with one attached hydrogen (secondary N) is 2. The number of rotatable bonds is 8. The van der Waals surface area contributed by atoms with Gasteiger partial charge in [-0.15, -0.1) is 0 Å². The number of benzene rings is 4. The summed E-state index contributed by atoms with van der Waals surface area (Å²) in [4.78, 5) is 30.5. The molecule has 13 heteroatoms. The van der Waals surface area contributed by atoms with Crippen molar-refractivity contribution in [3.05, 3.63) is 140 Å². The normalized spacial score (nSPS) is 12.7. The van der Waals surface area contributed by atoms with Crippen LogP contribution in [-0.2, 0) is 25.8 Å². The predicted molar refractivity (Wildman–Crippen MR) is 176 cm³/mol. The third kappa shape index (κ3) is 6.38. The number of hydrogen-bond donors (Lipinski definition) is 3. The number of H-pyrrole nitrogens is 1. The summed E-state index contributed by atoms with van der Waals surface area (Å²) in [5, 5.41) is 15.3. The highest BCUT2D eigenvalue weighted by Crippen LogP contribution is 2.42. The first kappa shape index (κ1) is 34.2. The third-order valence-electron chi connectivity index (χ3n) is 8.67. The number of para-hydroxylation sites is 2. The number of fused-ring (bicyclic) bond motifs is 2. The molecule has 3 N–H and O–H groups in total. The van der Waals surface area contributed by atoms with E-state index in [1.165, 1.54) is 11.7 Å². The van der Waals surface area contributed by atoms with E-state index in [1.807, 2.05) is 0 Å². The molecule has 4 aromatic carbocycles. The number of ether oxygens (including phenoxy) is 1. The van der Waals surface area contributed by atoms with E-state index in [4.69, 9.17) is 4.74 Å². The van der Waals surface area contributed by atoms with E-state index in [2.05, 4.69) is 10.3 Å². The largest absolute Gasteiger partial charge is 0.507 e. The Morgan fingerprint density at radius 3 is 2.18 bits per heavy atom. The fourth-order valence-corrected chi connectivity index (χ4v) is 6.29. The second-order valence-corrected chi connectivity index (χ2v) is 11.7. The zero-order valence-electron chi connectivity index (χ0n) is 26.5. The molecule has 1 amide bonds. The van der Waals surface area contributed by atoms with Crippen molar-refractivity contribution >= 4 is 27.7 Å². The molecule has 258 valence electrons. The Labute approximate surface area is 280 Å². The molecule has 1 atom stereocenters. The quantitative estimate of drug-likeness (QED) is 0.141. The maximum absolute atomic E-state index is 14.1. The number of halogens is 6. The van der Waals surface area contributed by atoms with Gasteiger partial charge in [-0.3, -0.25) is 9.59 Å². The lowest BCUT2D eigenvalue weighted by Crippen LogP contribution is -2.28. The molecule has 0 saturated heterocycles. The minimum Gasteiger partial charge on any atom is -0.507 e. The number of alkyl halides is 6. The van der Waals surface area contributed by atoms with E-state index in [9.17, 15) is 41.0 Å². The van der Waals surface area contributed by atoms with E-state index in [1.54, 1.807) is 79.8 Å². The monoisotopic (exact) mass is 693 g/mol. The summed E-state index contributed by atoms with van der Waals surface area (Å²) in [6.07, 6.45) is -10.2. The number of nitrogens with zero attached hydrogens (tertiary/aromatic N) is 1. The summed E-state index contributed by atoms with van der Waals surface area (Å²) < 4.78 is 87.6. The summed E-state index contributed by atoms with van der Waals surface area (Å²) in [6, 6.07) is 21.7. The highest BCUT2D eigenvalue weighted by molar-refractivity contribution is 5.95. The summed E-state index contributed by atoms with van der Waals surface area (Å²) in [5.41, 5.74) is -1.61. The number of carbonyl (C=O) groups is 1. The smallest absolute Gasteiger partial charge is 0.416 e. The molecule has 2 aromatic heterocycles. The molecule has 50 heavy (non-hydrogen) atoms. The first-order valence-corrected chi connectivity index (χ1v) is 15.3. The van der Waals surface area contributed by atoms with E-state index in [-0.39, 0.29) is 30.3 Å². The number of methoxy groups -OCH3 is 1. The molecule has 6 aromatic rings. The molecule has 0 spiro atoms. The molecule has 7 nitrogen and oxygen atoms in total. The maximum Gasteiger partial charge on any atom is 0.416 e. The molecule has 0 saturated carbocycles. The molecule has 6 rings (SSSR count). The molecule has 0 radical (unpaired) electrons. The van der Waals surface area contributed by atoms with Crippen molar-refractivity contribution < 1.29 is 41.0 Å². The Morgan fingerprint density at radius 2 is 1.52 bits per heavy atom. The van der Waals surface area contributed by atoms with Crippen LogP contribution in [0.15, 0.2) is 95.8 Å². The summed E-state index contributed by atoms with van der Waals surface area (Å²) >= 11 is 0. The lowest BCUT2D eigenvalue weighted by Gasteiger charge is -2.22. The Kier molecular flexibility index (Phi) is 8.85. The van der Waals surface area contributed by atoms with Gasteiger partial charge in [0.1, 0.15) is 11.5 Å². The first-order valence-electron chi connectivity index (χ1n) is 15.3. The molecule has 0 aliphatic carbocycles. The maximum atomic E-state index is 14.1. The van der Waals surface area contributed by atoms with Crippen LogP contribution in [0.2, 0.25) is 0 Å². The van der Waals surface area contributed by atoms with Gasteiger partial charge < -0.3 is 24.7 Å². The first-order chi connectivity index (χ1) is 23.7. The van der Waals surface area contributed by atoms with E-state index < -0.39 is 46.4 Å². The lowest BCUT2D eigenvalue weighted by atomic mass is 9.85. The van der Waals surface area contributed by atoms with Crippen LogP contribution in [0.25, 0.3) is 21.8 Å². The summed E-state index contributed by atoms with van der Waals surface area (Å²) in [7, 11) is 3.08. The van der Waals surface area contributed by atoms with Crippen molar-refractivity contribution in [3.63, 3.8) is 0 Å². The number of hydrogen-bond acceptors (Lipinski definition) is 4. The molecule has 0 bridgehead atoms. The molecule has 0 fully saturated rings. The summed E-state index contributed by atoms with van der Waals surface area (Å²) in [6.45, 7) is -0.197. The minimum absolute atomic E-state index is 0.0415. The van der Waals surface area contributed by atoms with E-state index in [0.717, 1.165) is 0 Å². The lowest BCUT2D eigenvalue weighted by molar-refractivity contribution is -0.143. The van der Waals surface area contributed by atoms with E-state index in [0.29, 0.717) is 56.5 Å². The highest BCUT2D eigenvalue weighted by atomic mass is 19.4. The van der Waals surface area contributed by atoms with Crippen molar-refractivity contribution in [2.75, 3.05) is 13.7 Å². The molecular formula is C37H29F6N3O4. The number of aromatic amines is 1. The number of aromatic hydroxyl groups is 1. The van der Waals surface area contributed by atoms with Crippen LogP contribution in [0.3, 0.4) is 0 Å². The van der Waals surface area contributed by atoms with Gasteiger partial charge in [0.2, 0.25) is 0 Å². The van der Waals surface area contributed by atoms with Gasteiger partial charge >= 0.3 is 12.4 Å². The average Bonchev–Trinajstić information content (AvgIpc) is 3.45. The number of pyridine rings is 1. The second-order valence-electron chi connectivity index (χ2n) is 11.7. The Balaban J connectivity index is 1.46. The van der Waals surface area contributed by atoms with Crippen molar-refractivity contribution in [1.29, 1.82) is 0 Å². The van der Waals surface area contributed by atoms with Gasteiger partial charge in [0.05, 0.1) is 35.2 Å². The fraction of sp³-hybridized carbons (Fsp3) is 0.189. The molecule has 1 unspecified atom stereocenters. The van der Waals surface area contributed by atoms with Gasteiger partial charge in [0.25, 0.3) is 11.5 Å². The van der Waals surface area contributed by atoms with Gasteiger partial charge in [-0.05, 0) is 66.1 Å². The van der Waals surface area contributed by atoms with Crippen LogP contribution in [0, 0.1) is 0 Å². The van der Waals surface area contributed by atoms with Crippen LogP contribution in [0.5, 0.6) is 11.5 Å². The third-order valence-corrected chi connectivity index (χ3v) is 8.67. The molecule has 0 aliphatic heterocycles.